The van der Waals surface area contributed by atoms with Crippen molar-refractivity contribution in [2.45, 2.75) is 19.8 Å². The molecule has 0 saturated carbocycles. The third-order valence-electron chi connectivity index (χ3n) is 3.31. The highest BCUT2D eigenvalue weighted by Crippen LogP contribution is 2.35. The van der Waals surface area contributed by atoms with Gasteiger partial charge in [-0.1, -0.05) is 38.1 Å². The Hall–Kier alpha value is -3.02. The summed E-state index contributed by atoms with van der Waals surface area (Å²) in [7, 11) is 0. The first-order chi connectivity index (χ1) is 10.9. The van der Waals surface area contributed by atoms with Gasteiger partial charge in [0.1, 0.15) is 0 Å². The summed E-state index contributed by atoms with van der Waals surface area (Å²) in [4.78, 5) is 11.9. The van der Waals surface area contributed by atoms with Gasteiger partial charge in [-0.2, -0.15) is 5.10 Å². The van der Waals surface area contributed by atoms with Gasteiger partial charge in [0, 0.05) is 5.56 Å². The topological polar surface area (TPSA) is 102 Å². The summed E-state index contributed by atoms with van der Waals surface area (Å²) in [5.74, 6) is -2.01. The molecule has 6 heteroatoms. The molecule has 2 rings (SSSR count). The number of carbonyl (C=O) groups is 1. The Labute approximate surface area is 133 Å². The summed E-state index contributed by atoms with van der Waals surface area (Å²) in [6.07, 6.45) is 1.49. The van der Waals surface area contributed by atoms with E-state index in [1.54, 1.807) is 0 Å². The van der Waals surface area contributed by atoms with Gasteiger partial charge in [-0.15, -0.1) is 0 Å². The highest BCUT2D eigenvalue weighted by molar-refractivity contribution is 5.96. The lowest BCUT2D eigenvalue weighted by atomic mass is 10.0. The van der Waals surface area contributed by atoms with Crippen molar-refractivity contribution in [3.8, 4) is 17.2 Å². The molecule has 2 aromatic carbocycles. The van der Waals surface area contributed by atoms with Crippen molar-refractivity contribution < 1.29 is 20.1 Å². The van der Waals surface area contributed by atoms with E-state index < -0.39 is 23.2 Å². The highest BCUT2D eigenvalue weighted by Gasteiger charge is 2.12. The zero-order valence-electron chi connectivity index (χ0n) is 12.8. The van der Waals surface area contributed by atoms with Crippen molar-refractivity contribution in [3.63, 3.8) is 0 Å². The van der Waals surface area contributed by atoms with Crippen LogP contribution in [0.25, 0.3) is 0 Å². The number of benzene rings is 2. The number of phenolic OH excluding ortho intramolecular Hbond substituents is 3. The van der Waals surface area contributed by atoms with Crippen molar-refractivity contribution in [2.24, 2.45) is 5.10 Å². The molecule has 0 bridgehead atoms. The van der Waals surface area contributed by atoms with Gasteiger partial charge in [-0.25, -0.2) is 5.43 Å². The number of amides is 1. The van der Waals surface area contributed by atoms with E-state index in [0.29, 0.717) is 5.92 Å². The number of rotatable bonds is 4. The van der Waals surface area contributed by atoms with Crippen LogP contribution < -0.4 is 5.43 Å². The lowest BCUT2D eigenvalue weighted by Gasteiger charge is -2.05. The molecule has 120 valence electrons. The number of phenols is 3. The van der Waals surface area contributed by atoms with Gasteiger partial charge in [-0.05, 0) is 29.2 Å². The molecule has 0 aliphatic heterocycles. The highest BCUT2D eigenvalue weighted by atomic mass is 16.3. The molecule has 4 N–H and O–H groups in total. The van der Waals surface area contributed by atoms with E-state index in [9.17, 15) is 20.1 Å². The van der Waals surface area contributed by atoms with E-state index in [1.807, 2.05) is 24.3 Å². The number of aromatic hydroxyl groups is 3. The van der Waals surface area contributed by atoms with Crippen LogP contribution in [-0.2, 0) is 0 Å². The fourth-order valence-corrected chi connectivity index (χ4v) is 1.93. The van der Waals surface area contributed by atoms with Crippen LogP contribution in [0.1, 0.15) is 41.3 Å². The second-order valence-electron chi connectivity index (χ2n) is 5.38. The molecule has 0 spiro atoms. The minimum Gasteiger partial charge on any atom is -0.504 e. The number of hydrogen-bond donors (Lipinski definition) is 4. The third-order valence-corrected chi connectivity index (χ3v) is 3.31. The monoisotopic (exact) mass is 314 g/mol. The number of hydrazone groups is 1. The lowest BCUT2D eigenvalue weighted by Crippen LogP contribution is -2.17. The molecule has 0 radical (unpaired) electrons. The van der Waals surface area contributed by atoms with Crippen LogP contribution in [0, 0.1) is 0 Å². The van der Waals surface area contributed by atoms with Crippen LogP contribution >= 0.6 is 0 Å². The molecule has 0 aliphatic carbocycles. The fourth-order valence-electron chi connectivity index (χ4n) is 1.93. The molecule has 0 saturated heterocycles. The average Bonchev–Trinajstić information content (AvgIpc) is 2.52. The Morgan fingerprint density at radius 2 is 1.65 bits per heavy atom. The van der Waals surface area contributed by atoms with Crippen molar-refractivity contribution in [3.05, 3.63) is 53.1 Å². The van der Waals surface area contributed by atoms with Crippen molar-refractivity contribution in [1.29, 1.82) is 0 Å². The van der Waals surface area contributed by atoms with E-state index >= 15 is 0 Å². The number of nitrogens with one attached hydrogen (secondary N) is 1. The second-order valence-corrected chi connectivity index (χ2v) is 5.38. The molecule has 23 heavy (non-hydrogen) atoms. The first-order valence-electron chi connectivity index (χ1n) is 7.06. The van der Waals surface area contributed by atoms with Gasteiger partial charge in [0.05, 0.1) is 6.21 Å². The van der Waals surface area contributed by atoms with Crippen LogP contribution in [0.3, 0.4) is 0 Å². The fraction of sp³-hybridized carbons (Fsp3) is 0.176. The maximum atomic E-state index is 11.9. The Morgan fingerprint density at radius 3 is 2.17 bits per heavy atom. The minimum absolute atomic E-state index is 0.0231. The molecule has 1 amide bonds. The summed E-state index contributed by atoms with van der Waals surface area (Å²) in [5.41, 5.74) is 4.30. The van der Waals surface area contributed by atoms with Crippen LogP contribution in [0.2, 0.25) is 0 Å². The maximum absolute atomic E-state index is 11.9. The Kier molecular flexibility index (Phi) is 4.85. The average molecular weight is 314 g/mol. The molecule has 0 unspecified atom stereocenters. The molecule has 2 aromatic rings. The van der Waals surface area contributed by atoms with E-state index in [4.69, 9.17) is 0 Å². The summed E-state index contributed by atoms with van der Waals surface area (Å²) < 4.78 is 0. The predicted molar refractivity (Wildman–Crippen MR) is 87.0 cm³/mol. The van der Waals surface area contributed by atoms with E-state index in [0.717, 1.165) is 17.7 Å². The van der Waals surface area contributed by atoms with Gasteiger partial charge in [0.15, 0.2) is 17.2 Å². The Morgan fingerprint density at radius 1 is 1.09 bits per heavy atom. The van der Waals surface area contributed by atoms with Crippen molar-refractivity contribution in [2.75, 3.05) is 0 Å². The van der Waals surface area contributed by atoms with Crippen LogP contribution in [0.15, 0.2) is 41.5 Å². The summed E-state index contributed by atoms with van der Waals surface area (Å²) in [5, 5.41) is 31.8. The zero-order valence-corrected chi connectivity index (χ0v) is 12.8. The van der Waals surface area contributed by atoms with Gasteiger partial charge < -0.3 is 15.3 Å². The van der Waals surface area contributed by atoms with E-state index in [-0.39, 0.29) is 5.56 Å². The Balaban J connectivity index is 2.04. The van der Waals surface area contributed by atoms with Gasteiger partial charge >= 0.3 is 0 Å². The van der Waals surface area contributed by atoms with E-state index in [1.165, 1.54) is 11.8 Å². The SMILES string of the molecule is CC(C)c1ccc(/C=N/NC(=O)c2cc(O)c(O)c(O)c2)cc1. The normalized spacial score (nSPS) is 11.1. The largest absolute Gasteiger partial charge is 0.504 e. The minimum atomic E-state index is -0.671. The molecular formula is C17H18N2O4. The van der Waals surface area contributed by atoms with E-state index in [2.05, 4.69) is 24.4 Å². The molecular weight excluding hydrogens is 296 g/mol. The molecule has 0 aromatic heterocycles. The zero-order chi connectivity index (χ0) is 17.0. The first kappa shape index (κ1) is 16.4. The summed E-state index contributed by atoms with van der Waals surface area (Å²) in [6, 6.07) is 9.84. The standard InChI is InChI=1S/C17H18N2O4/c1-10(2)12-5-3-11(4-6-12)9-18-19-17(23)13-7-14(20)16(22)15(21)8-13/h3-10,20-22H,1-2H3,(H,19,23)/b18-9+. The number of nitrogens with zero attached hydrogens (tertiary/aromatic N) is 1. The molecule has 0 atom stereocenters. The number of hydrogen-bond acceptors (Lipinski definition) is 5. The van der Waals surface area contributed by atoms with Gasteiger partial charge in [0.2, 0.25) is 0 Å². The van der Waals surface area contributed by atoms with Crippen molar-refractivity contribution >= 4 is 12.1 Å². The quantitative estimate of drug-likeness (QED) is 0.396. The van der Waals surface area contributed by atoms with Crippen LogP contribution in [0.5, 0.6) is 17.2 Å². The summed E-state index contributed by atoms with van der Waals surface area (Å²) >= 11 is 0. The molecule has 0 heterocycles. The number of carbonyl (C=O) groups excluding carboxylic acids is 1. The van der Waals surface area contributed by atoms with Gasteiger partial charge in [0.25, 0.3) is 5.91 Å². The first-order valence-corrected chi connectivity index (χ1v) is 7.06. The van der Waals surface area contributed by atoms with Crippen LogP contribution in [-0.4, -0.2) is 27.4 Å². The van der Waals surface area contributed by atoms with Gasteiger partial charge in [-0.3, -0.25) is 4.79 Å². The smallest absolute Gasteiger partial charge is 0.271 e. The Bertz CT molecular complexity index is 714. The van der Waals surface area contributed by atoms with Crippen LogP contribution in [0.4, 0.5) is 0 Å². The molecule has 0 aliphatic rings. The maximum Gasteiger partial charge on any atom is 0.271 e. The van der Waals surface area contributed by atoms with Crippen molar-refractivity contribution in [1.82, 2.24) is 5.43 Å². The third kappa shape index (κ3) is 4.00. The predicted octanol–water partition coefficient (Wildman–Crippen LogP) is 2.69. The summed E-state index contributed by atoms with van der Waals surface area (Å²) in [6.45, 7) is 4.21. The molecule has 6 nitrogen and oxygen atoms in total. The lowest BCUT2D eigenvalue weighted by molar-refractivity contribution is 0.0954. The second kappa shape index (κ2) is 6.83. The molecule has 0 fully saturated rings.